The van der Waals surface area contributed by atoms with E-state index < -0.39 is 0 Å². The summed E-state index contributed by atoms with van der Waals surface area (Å²) < 4.78 is 0. The highest BCUT2D eigenvalue weighted by molar-refractivity contribution is 5.85. The molecule has 0 bridgehead atoms. The van der Waals surface area contributed by atoms with E-state index in [9.17, 15) is 4.79 Å². The first-order chi connectivity index (χ1) is 6.81. The molecule has 0 saturated carbocycles. The standard InChI is InChI=1S/C11H14N2O.ClH/c1-12-11(14)10-6-8-4-2-3-5-9(8)7-13-10;/h2-5,10,13H,6-7H2,1H3,(H,12,14);1H/t10-;/m0./s1. The normalized spacial score (nSPS) is 18.6. The SMILES string of the molecule is CNC(=O)[C@@H]1Cc2ccccc2CN1.Cl. The van der Waals surface area contributed by atoms with Gasteiger partial charge < -0.3 is 10.6 Å². The molecule has 0 spiro atoms. The van der Waals surface area contributed by atoms with Crippen molar-refractivity contribution in [1.29, 1.82) is 0 Å². The fourth-order valence-electron chi connectivity index (χ4n) is 1.81. The summed E-state index contributed by atoms with van der Waals surface area (Å²) >= 11 is 0. The molecule has 0 saturated heterocycles. The minimum absolute atomic E-state index is 0. The van der Waals surface area contributed by atoms with Crippen LogP contribution >= 0.6 is 12.4 Å². The van der Waals surface area contributed by atoms with E-state index in [4.69, 9.17) is 0 Å². The Balaban J connectivity index is 0.00000112. The van der Waals surface area contributed by atoms with E-state index in [-0.39, 0.29) is 24.4 Å². The van der Waals surface area contributed by atoms with Crippen LogP contribution in [0.5, 0.6) is 0 Å². The van der Waals surface area contributed by atoms with Gasteiger partial charge in [0.15, 0.2) is 0 Å². The number of rotatable bonds is 1. The summed E-state index contributed by atoms with van der Waals surface area (Å²) in [4.78, 5) is 11.4. The molecule has 1 atom stereocenters. The molecule has 2 rings (SSSR count). The van der Waals surface area contributed by atoms with Crippen molar-refractivity contribution in [1.82, 2.24) is 10.6 Å². The van der Waals surface area contributed by atoms with Crippen molar-refractivity contribution in [2.45, 2.75) is 19.0 Å². The second-order valence-corrected chi connectivity index (χ2v) is 3.52. The maximum atomic E-state index is 11.4. The number of hydrogen-bond donors (Lipinski definition) is 2. The van der Waals surface area contributed by atoms with Gasteiger partial charge in [-0.15, -0.1) is 12.4 Å². The maximum Gasteiger partial charge on any atom is 0.237 e. The summed E-state index contributed by atoms with van der Waals surface area (Å²) in [6.45, 7) is 0.786. The van der Waals surface area contributed by atoms with Gasteiger partial charge in [0.1, 0.15) is 0 Å². The first kappa shape index (κ1) is 12.0. The lowest BCUT2D eigenvalue weighted by Crippen LogP contribution is -2.46. The van der Waals surface area contributed by atoms with E-state index in [0.29, 0.717) is 0 Å². The molecule has 0 aromatic heterocycles. The molecule has 1 aliphatic heterocycles. The topological polar surface area (TPSA) is 41.1 Å². The van der Waals surface area contributed by atoms with E-state index in [0.717, 1.165) is 13.0 Å². The summed E-state index contributed by atoms with van der Waals surface area (Å²) in [5.74, 6) is 0.0690. The molecule has 4 heteroatoms. The Morgan fingerprint density at radius 1 is 1.40 bits per heavy atom. The molecule has 1 aromatic carbocycles. The number of likely N-dealkylation sites (N-methyl/N-ethyl adjacent to an activating group) is 1. The van der Waals surface area contributed by atoms with Crippen molar-refractivity contribution in [3.05, 3.63) is 35.4 Å². The molecular weight excluding hydrogens is 212 g/mol. The van der Waals surface area contributed by atoms with E-state index in [1.54, 1.807) is 7.05 Å². The van der Waals surface area contributed by atoms with Gasteiger partial charge in [-0.05, 0) is 17.5 Å². The first-order valence-electron chi connectivity index (χ1n) is 4.83. The molecule has 1 heterocycles. The molecule has 1 amide bonds. The molecule has 1 aliphatic rings. The van der Waals surface area contributed by atoms with E-state index in [2.05, 4.69) is 22.8 Å². The number of hydrogen-bond acceptors (Lipinski definition) is 2. The van der Waals surface area contributed by atoms with Crippen LogP contribution < -0.4 is 10.6 Å². The van der Waals surface area contributed by atoms with Gasteiger partial charge in [-0.3, -0.25) is 4.79 Å². The summed E-state index contributed by atoms with van der Waals surface area (Å²) in [5, 5.41) is 5.88. The number of amides is 1. The molecule has 0 fully saturated rings. The molecule has 82 valence electrons. The second kappa shape index (κ2) is 5.14. The Labute approximate surface area is 95.7 Å². The third kappa shape index (κ3) is 2.49. The second-order valence-electron chi connectivity index (χ2n) is 3.52. The molecule has 0 radical (unpaired) electrons. The van der Waals surface area contributed by atoms with Crippen molar-refractivity contribution < 1.29 is 4.79 Å². The maximum absolute atomic E-state index is 11.4. The Morgan fingerprint density at radius 2 is 2.07 bits per heavy atom. The van der Waals surface area contributed by atoms with Crippen molar-refractivity contribution >= 4 is 18.3 Å². The Morgan fingerprint density at radius 3 is 2.73 bits per heavy atom. The lowest BCUT2D eigenvalue weighted by atomic mass is 9.95. The van der Waals surface area contributed by atoms with Crippen LogP contribution in [-0.2, 0) is 17.8 Å². The molecule has 2 N–H and O–H groups in total. The molecule has 0 unspecified atom stereocenters. The number of nitrogens with one attached hydrogen (secondary N) is 2. The van der Waals surface area contributed by atoms with Gasteiger partial charge in [0.25, 0.3) is 0 Å². The zero-order chi connectivity index (χ0) is 9.97. The monoisotopic (exact) mass is 226 g/mol. The summed E-state index contributed by atoms with van der Waals surface area (Å²) in [6.07, 6.45) is 0.788. The van der Waals surface area contributed by atoms with Crippen molar-refractivity contribution in [3.8, 4) is 0 Å². The van der Waals surface area contributed by atoms with Crippen LogP contribution in [0.15, 0.2) is 24.3 Å². The zero-order valence-electron chi connectivity index (χ0n) is 8.62. The number of fused-ring (bicyclic) bond motifs is 1. The molecular formula is C11H15ClN2O. The molecule has 3 nitrogen and oxygen atoms in total. The van der Waals surface area contributed by atoms with E-state index >= 15 is 0 Å². The number of benzene rings is 1. The summed E-state index contributed by atoms with van der Waals surface area (Å²) in [5.41, 5.74) is 2.58. The first-order valence-corrected chi connectivity index (χ1v) is 4.83. The zero-order valence-corrected chi connectivity index (χ0v) is 9.43. The van der Waals surface area contributed by atoms with Gasteiger partial charge in [-0.1, -0.05) is 24.3 Å². The van der Waals surface area contributed by atoms with Crippen LogP contribution in [0.3, 0.4) is 0 Å². The fourth-order valence-corrected chi connectivity index (χ4v) is 1.81. The molecule has 0 aliphatic carbocycles. The minimum Gasteiger partial charge on any atom is -0.358 e. The van der Waals surface area contributed by atoms with E-state index in [1.807, 2.05) is 12.1 Å². The van der Waals surface area contributed by atoms with Crippen molar-refractivity contribution in [3.63, 3.8) is 0 Å². The van der Waals surface area contributed by atoms with Gasteiger partial charge in [0, 0.05) is 13.6 Å². The lowest BCUT2D eigenvalue weighted by Gasteiger charge is -2.24. The average Bonchev–Trinajstić information content (AvgIpc) is 2.27. The fraction of sp³-hybridized carbons (Fsp3) is 0.364. The Hall–Kier alpha value is -1.06. The van der Waals surface area contributed by atoms with Gasteiger partial charge in [-0.25, -0.2) is 0 Å². The van der Waals surface area contributed by atoms with Crippen LogP contribution in [0, 0.1) is 0 Å². The minimum atomic E-state index is -0.0742. The quantitative estimate of drug-likeness (QED) is 0.746. The highest BCUT2D eigenvalue weighted by atomic mass is 35.5. The lowest BCUT2D eigenvalue weighted by molar-refractivity contribution is -0.122. The Bertz CT molecular complexity index is 354. The van der Waals surface area contributed by atoms with Crippen molar-refractivity contribution in [2.24, 2.45) is 0 Å². The average molecular weight is 227 g/mol. The predicted octanol–water partition coefficient (Wildman–Crippen LogP) is 0.869. The third-order valence-corrected chi connectivity index (χ3v) is 2.64. The third-order valence-electron chi connectivity index (χ3n) is 2.64. The largest absolute Gasteiger partial charge is 0.358 e. The highest BCUT2D eigenvalue weighted by Crippen LogP contribution is 2.15. The van der Waals surface area contributed by atoms with Gasteiger partial charge in [-0.2, -0.15) is 0 Å². The van der Waals surface area contributed by atoms with Crippen LogP contribution in [0.4, 0.5) is 0 Å². The molecule has 1 aromatic rings. The number of carbonyl (C=O) groups is 1. The predicted molar refractivity (Wildman–Crippen MR) is 62.1 cm³/mol. The van der Waals surface area contributed by atoms with Crippen molar-refractivity contribution in [2.75, 3.05) is 7.05 Å². The van der Waals surface area contributed by atoms with Gasteiger partial charge in [0.05, 0.1) is 6.04 Å². The van der Waals surface area contributed by atoms with Crippen LogP contribution in [0.1, 0.15) is 11.1 Å². The summed E-state index contributed by atoms with van der Waals surface area (Å²) in [7, 11) is 1.67. The van der Waals surface area contributed by atoms with Crippen LogP contribution in [-0.4, -0.2) is 19.0 Å². The summed E-state index contributed by atoms with van der Waals surface area (Å²) in [6, 6.07) is 8.16. The highest BCUT2D eigenvalue weighted by Gasteiger charge is 2.22. The number of halogens is 1. The van der Waals surface area contributed by atoms with Crippen LogP contribution in [0.2, 0.25) is 0 Å². The van der Waals surface area contributed by atoms with Crippen LogP contribution in [0.25, 0.3) is 0 Å². The molecule has 15 heavy (non-hydrogen) atoms. The van der Waals surface area contributed by atoms with Gasteiger partial charge >= 0.3 is 0 Å². The van der Waals surface area contributed by atoms with E-state index in [1.165, 1.54) is 11.1 Å². The number of carbonyl (C=O) groups excluding carboxylic acids is 1. The Kier molecular flexibility index (Phi) is 4.12. The smallest absolute Gasteiger partial charge is 0.237 e. The van der Waals surface area contributed by atoms with Gasteiger partial charge in [0.2, 0.25) is 5.91 Å².